The normalized spacial score (nSPS) is 16.2. The monoisotopic (exact) mass is 414 g/mol. The summed E-state index contributed by atoms with van der Waals surface area (Å²) >= 11 is 1.89. The Morgan fingerprint density at radius 1 is 1.29 bits per heavy atom. The van der Waals surface area contributed by atoms with E-state index < -0.39 is 23.7 Å². The number of carboxylic acid groups (broad SMARTS) is 1. The maximum atomic E-state index is 12.7. The predicted molar refractivity (Wildman–Crippen MR) is 76.3 cm³/mol. The van der Waals surface area contributed by atoms with E-state index in [0.29, 0.717) is 3.57 Å². The Balaban J connectivity index is 2.13. The summed E-state index contributed by atoms with van der Waals surface area (Å²) in [4.78, 5) is 22.7. The number of carbonyl (C=O) groups excluding carboxylic acids is 1. The van der Waals surface area contributed by atoms with Gasteiger partial charge in [0.05, 0.1) is 11.3 Å². The topological polar surface area (TPSA) is 78.4 Å². The van der Waals surface area contributed by atoms with E-state index in [1.54, 1.807) is 6.07 Å². The molecular weight excluding hydrogens is 404 g/mol. The Kier molecular flexibility index (Phi) is 4.04. The lowest BCUT2D eigenvalue weighted by atomic mass is 10.2. The number of aromatic carboxylic acids is 1. The highest BCUT2D eigenvalue weighted by Crippen LogP contribution is 2.48. The van der Waals surface area contributed by atoms with Crippen LogP contribution in [0.4, 0.5) is 23.7 Å². The summed E-state index contributed by atoms with van der Waals surface area (Å²) in [5.74, 6) is -1.28. The van der Waals surface area contributed by atoms with Crippen LogP contribution in [0.2, 0.25) is 0 Å². The molecule has 1 fully saturated rings. The molecule has 0 spiro atoms. The second-order valence-electron chi connectivity index (χ2n) is 4.65. The summed E-state index contributed by atoms with van der Waals surface area (Å²) in [5, 5.41) is 13.0. The molecule has 114 valence electrons. The molecule has 21 heavy (non-hydrogen) atoms. The highest BCUT2D eigenvalue weighted by Gasteiger charge is 2.64. The van der Waals surface area contributed by atoms with E-state index in [9.17, 15) is 22.8 Å². The van der Waals surface area contributed by atoms with Crippen LogP contribution < -0.4 is 10.6 Å². The number of hydrogen-bond donors (Lipinski definition) is 3. The molecule has 0 aromatic heterocycles. The van der Waals surface area contributed by atoms with Crippen LogP contribution in [0.5, 0.6) is 0 Å². The molecule has 0 radical (unpaired) electrons. The first kappa shape index (κ1) is 15.9. The molecule has 2 rings (SSSR count). The van der Waals surface area contributed by atoms with Crippen LogP contribution in [0.3, 0.4) is 0 Å². The van der Waals surface area contributed by atoms with Crippen molar-refractivity contribution in [3.8, 4) is 0 Å². The standard InChI is InChI=1S/C12H10F3IN2O3/c13-12(14,15)11(3-4-11)18-10(21)17-8-2-1-6(16)5-7(8)9(19)20/h1-2,5H,3-4H2,(H,19,20)(H2,17,18,21). The van der Waals surface area contributed by atoms with Crippen molar-refractivity contribution >= 4 is 40.3 Å². The number of amides is 2. The quantitative estimate of drug-likeness (QED) is 0.665. The van der Waals surface area contributed by atoms with Crippen molar-refractivity contribution < 1.29 is 27.9 Å². The summed E-state index contributed by atoms with van der Waals surface area (Å²) in [6.45, 7) is 0. The molecule has 1 aliphatic rings. The number of benzene rings is 1. The van der Waals surface area contributed by atoms with E-state index in [0.717, 1.165) is 0 Å². The van der Waals surface area contributed by atoms with Crippen LogP contribution in [0.1, 0.15) is 23.2 Å². The summed E-state index contributed by atoms with van der Waals surface area (Å²) in [6.07, 6.45) is -4.88. The van der Waals surface area contributed by atoms with E-state index >= 15 is 0 Å². The summed E-state index contributed by atoms with van der Waals surface area (Å²) in [5.41, 5.74) is -2.43. The largest absolute Gasteiger partial charge is 0.478 e. The van der Waals surface area contributed by atoms with Gasteiger partial charge in [-0.1, -0.05) is 0 Å². The average Bonchev–Trinajstić information content (AvgIpc) is 3.11. The fraction of sp³-hybridized carbons (Fsp3) is 0.333. The number of halogens is 4. The van der Waals surface area contributed by atoms with Gasteiger partial charge >= 0.3 is 18.2 Å². The Morgan fingerprint density at radius 3 is 2.38 bits per heavy atom. The highest BCUT2D eigenvalue weighted by molar-refractivity contribution is 14.1. The zero-order chi connectivity index (χ0) is 15.8. The van der Waals surface area contributed by atoms with Crippen LogP contribution in [-0.2, 0) is 0 Å². The van der Waals surface area contributed by atoms with Gasteiger partial charge in [-0.25, -0.2) is 9.59 Å². The average molecular weight is 414 g/mol. The van der Waals surface area contributed by atoms with Gasteiger partial charge in [-0.15, -0.1) is 0 Å². The van der Waals surface area contributed by atoms with Crippen LogP contribution in [0, 0.1) is 3.57 Å². The van der Waals surface area contributed by atoms with Crippen LogP contribution >= 0.6 is 22.6 Å². The number of urea groups is 1. The number of anilines is 1. The summed E-state index contributed by atoms with van der Waals surface area (Å²) in [6, 6.07) is 3.11. The predicted octanol–water partition coefficient (Wildman–Crippen LogP) is 3.21. The Hall–Kier alpha value is -1.52. The lowest BCUT2D eigenvalue weighted by Crippen LogP contribution is -2.49. The SMILES string of the molecule is O=C(Nc1ccc(I)cc1C(=O)O)NC1(C(F)(F)F)CC1. The van der Waals surface area contributed by atoms with Crippen LogP contribution in [0.15, 0.2) is 18.2 Å². The molecule has 9 heteroatoms. The van der Waals surface area contributed by atoms with E-state index in [4.69, 9.17) is 5.11 Å². The van der Waals surface area contributed by atoms with E-state index in [1.807, 2.05) is 27.9 Å². The molecule has 1 saturated carbocycles. The van der Waals surface area contributed by atoms with Gasteiger partial charge in [0.25, 0.3) is 0 Å². The first-order chi connectivity index (χ1) is 9.64. The van der Waals surface area contributed by atoms with E-state index in [-0.39, 0.29) is 24.1 Å². The second kappa shape index (κ2) is 5.35. The number of alkyl halides is 3. The third kappa shape index (κ3) is 3.39. The number of rotatable bonds is 3. The number of carbonyl (C=O) groups is 2. The number of hydrogen-bond acceptors (Lipinski definition) is 2. The maximum absolute atomic E-state index is 12.7. The van der Waals surface area contributed by atoms with Crippen LogP contribution in [0.25, 0.3) is 0 Å². The first-order valence-electron chi connectivity index (χ1n) is 5.83. The molecule has 1 aromatic carbocycles. The van der Waals surface area contributed by atoms with Gasteiger partial charge in [-0.05, 0) is 53.6 Å². The van der Waals surface area contributed by atoms with Gasteiger partial charge in [0, 0.05) is 3.57 Å². The van der Waals surface area contributed by atoms with Crippen molar-refractivity contribution in [2.24, 2.45) is 0 Å². The van der Waals surface area contributed by atoms with Gasteiger partial charge in [0.2, 0.25) is 0 Å². The third-order valence-corrected chi connectivity index (χ3v) is 3.78. The zero-order valence-corrected chi connectivity index (χ0v) is 12.6. The second-order valence-corrected chi connectivity index (χ2v) is 5.90. The minimum absolute atomic E-state index is 0.0570. The number of carboxylic acids is 1. The van der Waals surface area contributed by atoms with Crippen molar-refractivity contribution in [3.63, 3.8) is 0 Å². The summed E-state index contributed by atoms with van der Waals surface area (Å²) < 4.78 is 38.8. The molecule has 1 aliphatic carbocycles. The van der Waals surface area contributed by atoms with E-state index in [1.165, 1.54) is 12.1 Å². The van der Waals surface area contributed by atoms with Crippen LogP contribution in [-0.4, -0.2) is 28.8 Å². The molecule has 0 heterocycles. The minimum atomic E-state index is -4.52. The number of nitrogens with one attached hydrogen (secondary N) is 2. The molecule has 0 saturated heterocycles. The molecule has 0 unspecified atom stereocenters. The molecule has 3 N–H and O–H groups in total. The summed E-state index contributed by atoms with van der Waals surface area (Å²) in [7, 11) is 0. The van der Waals surface area contributed by atoms with Crippen molar-refractivity contribution in [2.75, 3.05) is 5.32 Å². The maximum Gasteiger partial charge on any atom is 0.411 e. The van der Waals surface area contributed by atoms with E-state index in [2.05, 4.69) is 5.32 Å². The minimum Gasteiger partial charge on any atom is -0.478 e. The first-order valence-corrected chi connectivity index (χ1v) is 6.91. The smallest absolute Gasteiger partial charge is 0.411 e. The Morgan fingerprint density at radius 2 is 1.90 bits per heavy atom. The fourth-order valence-electron chi connectivity index (χ4n) is 1.78. The Bertz CT molecular complexity index is 600. The lowest BCUT2D eigenvalue weighted by Gasteiger charge is -2.21. The fourth-order valence-corrected chi connectivity index (χ4v) is 2.27. The molecule has 0 aliphatic heterocycles. The van der Waals surface area contributed by atoms with Gasteiger partial charge in [0.1, 0.15) is 5.54 Å². The molecule has 0 atom stereocenters. The lowest BCUT2D eigenvalue weighted by molar-refractivity contribution is -0.162. The molecule has 2 amide bonds. The zero-order valence-electron chi connectivity index (χ0n) is 10.4. The molecule has 1 aromatic rings. The Labute approximate surface area is 131 Å². The van der Waals surface area contributed by atoms with Gasteiger partial charge < -0.3 is 15.7 Å². The van der Waals surface area contributed by atoms with Crippen molar-refractivity contribution in [3.05, 3.63) is 27.3 Å². The van der Waals surface area contributed by atoms with Gasteiger partial charge in [-0.2, -0.15) is 13.2 Å². The van der Waals surface area contributed by atoms with Crippen molar-refractivity contribution in [1.82, 2.24) is 5.32 Å². The third-order valence-electron chi connectivity index (χ3n) is 3.11. The van der Waals surface area contributed by atoms with Gasteiger partial charge in [0.15, 0.2) is 0 Å². The molecular formula is C12H10F3IN2O3. The van der Waals surface area contributed by atoms with Crippen molar-refractivity contribution in [2.45, 2.75) is 24.6 Å². The molecule has 0 bridgehead atoms. The van der Waals surface area contributed by atoms with Gasteiger partial charge in [-0.3, -0.25) is 0 Å². The molecule has 5 nitrogen and oxygen atoms in total. The highest BCUT2D eigenvalue weighted by atomic mass is 127. The van der Waals surface area contributed by atoms with Crippen molar-refractivity contribution in [1.29, 1.82) is 0 Å².